The molecule has 0 atom stereocenters. The summed E-state index contributed by atoms with van der Waals surface area (Å²) in [5, 5.41) is 0. The van der Waals surface area contributed by atoms with Crippen LogP contribution in [0.15, 0.2) is 54.6 Å². The van der Waals surface area contributed by atoms with Crippen molar-refractivity contribution in [2.45, 2.75) is 25.8 Å². The van der Waals surface area contributed by atoms with E-state index in [1.807, 2.05) is 0 Å². The van der Waals surface area contributed by atoms with Crippen molar-refractivity contribution < 1.29 is 0 Å². The molecule has 2 heterocycles. The highest BCUT2D eigenvalue weighted by Gasteiger charge is 2.25. The predicted octanol–water partition coefficient (Wildman–Crippen LogP) is 4.48. The Balaban J connectivity index is 1.81. The van der Waals surface area contributed by atoms with Gasteiger partial charge in [-0.2, -0.15) is 0 Å². The van der Waals surface area contributed by atoms with Crippen molar-refractivity contribution >= 4 is 0 Å². The second kappa shape index (κ2) is 4.11. The molecule has 0 unspecified atom stereocenters. The SMILES string of the molecule is c1ccc2c(c1)CCn1c-2cc2c1-c1ccccc1CC2. The first-order valence-corrected chi connectivity index (χ1v) is 7.81. The molecule has 0 N–H and O–H groups in total. The number of aryl methyl sites for hydroxylation is 3. The molecule has 5 rings (SSSR count). The molecule has 1 aromatic heterocycles. The molecule has 2 aromatic carbocycles. The fourth-order valence-corrected chi connectivity index (χ4v) is 4.03. The number of hydrogen-bond acceptors (Lipinski definition) is 0. The maximum absolute atomic E-state index is 2.55. The lowest BCUT2D eigenvalue weighted by Gasteiger charge is -2.24. The fraction of sp³-hybridized carbons (Fsp3) is 0.200. The Morgan fingerprint density at radius 2 is 1.33 bits per heavy atom. The van der Waals surface area contributed by atoms with Crippen molar-refractivity contribution in [1.82, 2.24) is 4.57 Å². The molecule has 0 bridgehead atoms. The molecule has 0 fully saturated rings. The van der Waals surface area contributed by atoms with E-state index in [9.17, 15) is 0 Å². The largest absolute Gasteiger partial charge is 0.340 e. The summed E-state index contributed by atoms with van der Waals surface area (Å²) < 4.78 is 2.55. The number of aromatic nitrogens is 1. The average molecular weight is 271 g/mol. The maximum atomic E-state index is 2.55. The summed E-state index contributed by atoms with van der Waals surface area (Å²) in [6.07, 6.45) is 3.50. The molecular formula is C20H17N. The van der Waals surface area contributed by atoms with Crippen molar-refractivity contribution in [2.24, 2.45) is 0 Å². The minimum atomic E-state index is 1.11. The molecule has 0 saturated carbocycles. The van der Waals surface area contributed by atoms with Gasteiger partial charge < -0.3 is 4.57 Å². The second-order valence-electron chi connectivity index (χ2n) is 6.12. The van der Waals surface area contributed by atoms with Crippen LogP contribution in [0, 0.1) is 0 Å². The molecule has 21 heavy (non-hydrogen) atoms. The van der Waals surface area contributed by atoms with Gasteiger partial charge in [0.1, 0.15) is 0 Å². The first kappa shape index (κ1) is 11.4. The Labute approximate surface area is 124 Å². The van der Waals surface area contributed by atoms with Gasteiger partial charge in [0, 0.05) is 23.4 Å². The van der Waals surface area contributed by atoms with Crippen LogP contribution >= 0.6 is 0 Å². The Kier molecular flexibility index (Phi) is 2.23. The Morgan fingerprint density at radius 1 is 0.667 bits per heavy atom. The zero-order valence-electron chi connectivity index (χ0n) is 12.0. The topological polar surface area (TPSA) is 4.93 Å². The van der Waals surface area contributed by atoms with Crippen LogP contribution < -0.4 is 0 Å². The third kappa shape index (κ3) is 1.52. The van der Waals surface area contributed by atoms with Gasteiger partial charge in [0.2, 0.25) is 0 Å². The molecule has 3 aromatic rings. The normalized spacial score (nSPS) is 14.9. The highest BCUT2D eigenvalue weighted by molar-refractivity contribution is 5.78. The number of rotatable bonds is 0. The van der Waals surface area contributed by atoms with Gasteiger partial charge in [-0.3, -0.25) is 0 Å². The van der Waals surface area contributed by atoms with E-state index in [2.05, 4.69) is 59.2 Å². The zero-order chi connectivity index (χ0) is 13.8. The first-order chi connectivity index (χ1) is 10.4. The lowest BCUT2D eigenvalue weighted by Crippen LogP contribution is -2.13. The number of fused-ring (bicyclic) bond motifs is 7. The van der Waals surface area contributed by atoms with Crippen molar-refractivity contribution in [2.75, 3.05) is 0 Å². The van der Waals surface area contributed by atoms with Crippen LogP contribution in [-0.2, 0) is 25.8 Å². The van der Waals surface area contributed by atoms with Gasteiger partial charge >= 0.3 is 0 Å². The standard InChI is InChI=1S/C20H17N/c1-3-7-17-15(6-1)11-12-21-19(17)13-16-10-9-14-5-2-4-8-18(14)20(16)21/h1-8,13H,9-12H2. The number of benzene rings is 2. The Morgan fingerprint density at radius 3 is 2.19 bits per heavy atom. The highest BCUT2D eigenvalue weighted by Crippen LogP contribution is 2.41. The van der Waals surface area contributed by atoms with E-state index >= 15 is 0 Å². The highest BCUT2D eigenvalue weighted by atomic mass is 15.0. The van der Waals surface area contributed by atoms with E-state index < -0.39 is 0 Å². The van der Waals surface area contributed by atoms with E-state index in [0.717, 1.165) is 13.0 Å². The molecule has 0 spiro atoms. The summed E-state index contributed by atoms with van der Waals surface area (Å²) >= 11 is 0. The van der Waals surface area contributed by atoms with E-state index in [1.54, 1.807) is 0 Å². The molecule has 0 saturated heterocycles. The summed E-state index contributed by atoms with van der Waals surface area (Å²) in [5.41, 5.74) is 10.3. The van der Waals surface area contributed by atoms with Gasteiger partial charge in [0.15, 0.2) is 0 Å². The zero-order valence-corrected chi connectivity index (χ0v) is 12.0. The van der Waals surface area contributed by atoms with E-state index in [-0.39, 0.29) is 0 Å². The van der Waals surface area contributed by atoms with Crippen LogP contribution in [0.1, 0.15) is 16.7 Å². The molecule has 2 aliphatic rings. The van der Waals surface area contributed by atoms with Crippen LogP contribution in [-0.4, -0.2) is 4.57 Å². The average Bonchev–Trinajstić information content (AvgIpc) is 2.94. The van der Waals surface area contributed by atoms with Crippen LogP contribution in [0.4, 0.5) is 0 Å². The van der Waals surface area contributed by atoms with Gasteiger partial charge in [-0.25, -0.2) is 0 Å². The molecular weight excluding hydrogens is 254 g/mol. The third-order valence-corrected chi connectivity index (χ3v) is 5.01. The molecule has 1 aliphatic heterocycles. The monoisotopic (exact) mass is 271 g/mol. The summed E-state index contributed by atoms with van der Waals surface area (Å²) in [4.78, 5) is 0. The van der Waals surface area contributed by atoms with Crippen LogP contribution in [0.5, 0.6) is 0 Å². The van der Waals surface area contributed by atoms with Crippen molar-refractivity contribution in [3.8, 4) is 22.5 Å². The smallest absolute Gasteiger partial charge is 0.0520 e. The third-order valence-electron chi connectivity index (χ3n) is 5.01. The molecule has 1 aliphatic carbocycles. The maximum Gasteiger partial charge on any atom is 0.0520 e. The quantitative estimate of drug-likeness (QED) is 0.568. The predicted molar refractivity (Wildman–Crippen MR) is 86.4 cm³/mol. The van der Waals surface area contributed by atoms with Gasteiger partial charge in [0.25, 0.3) is 0 Å². The van der Waals surface area contributed by atoms with Gasteiger partial charge in [0.05, 0.1) is 5.69 Å². The lowest BCUT2D eigenvalue weighted by atomic mass is 9.90. The van der Waals surface area contributed by atoms with Crippen LogP contribution in [0.25, 0.3) is 22.5 Å². The number of nitrogens with zero attached hydrogens (tertiary/aromatic N) is 1. The van der Waals surface area contributed by atoms with Crippen molar-refractivity contribution in [3.05, 3.63) is 71.3 Å². The van der Waals surface area contributed by atoms with Crippen molar-refractivity contribution in [1.29, 1.82) is 0 Å². The van der Waals surface area contributed by atoms with Gasteiger partial charge in [-0.15, -0.1) is 0 Å². The van der Waals surface area contributed by atoms with Crippen molar-refractivity contribution in [3.63, 3.8) is 0 Å². The fourth-order valence-electron chi connectivity index (χ4n) is 4.03. The summed E-state index contributed by atoms with van der Waals surface area (Å²) in [6.45, 7) is 1.11. The molecule has 0 radical (unpaired) electrons. The van der Waals surface area contributed by atoms with Gasteiger partial charge in [-0.1, -0.05) is 48.5 Å². The summed E-state index contributed by atoms with van der Waals surface area (Å²) in [5.74, 6) is 0. The minimum absolute atomic E-state index is 1.11. The van der Waals surface area contributed by atoms with E-state index in [1.165, 1.54) is 52.0 Å². The molecule has 1 nitrogen and oxygen atoms in total. The molecule has 102 valence electrons. The number of hydrogen-bond donors (Lipinski definition) is 0. The molecule has 1 heteroatoms. The van der Waals surface area contributed by atoms with E-state index in [0.29, 0.717) is 0 Å². The lowest BCUT2D eigenvalue weighted by molar-refractivity contribution is 0.690. The Bertz CT molecular complexity index is 854. The Hall–Kier alpha value is -2.28. The first-order valence-electron chi connectivity index (χ1n) is 7.81. The van der Waals surface area contributed by atoms with Crippen LogP contribution in [0.2, 0.25) is 0 Å². The van der Waals surface area contributed by atoms with E-state index in [4.69, 9.17) is 0 Å². The summed E-state index contributed by atoms with van der Waals surface area (Å²) in [6, 6.07) is 20.2. The second-order valence-corrected chi connectivity index (χ2v) is 6.12. The van der Waals surface area contributed by atoms with Crippen LogP contribution in [0.3, 0.4) is 0 Å². The van der Waals surface area contributed by atoms with Gasteiger partial charge in [-0.05, 0) is 42.0 Å². The minimum Gasteiger partial charge on any atom is -0.340 e. The molecule has 0 amide bonds. The summed E-state index contributed by atoms with van der Waals surface area (Å²) in [7, 11) is 0.